The van der Waals surface area contributed by atoms with Gasteiger partial charge in [0.2, 0.25) is 0 Å². The molecule has 0 spiro atoms. The average molecular weight is 236 g/mol. The Labute approximate surface area is 99.5 Å². The minimum absolute atomic E-state index is 0.0621. The molecule has 1 atom stereocenters. The van der Waals surface area contributed by atoms with Gasteiger partial charge in [0, 0.05) is 12.7 Å². The lowest BCUT2D eigenvalue weighted by Crippen LogP contribution is -2.06. The van der Waals surface area contributed by atoms with Crippen molar-refractivity contribution in [3.63, 3.8) is 0 Å². The minimum atomic E-state index is -0.0621. The van der Waals surface area contributed by atoms with Crippen LogP contribution in [0.5, 0.6) is 0 Å². The van der Waals surface area contributed by atoms with E-state index in [1.165, 1.54) is 12.8 Å². The number of hydrogen-bond acceptors (Lipinski definition) is 2. The number of hydrogen-bond donors (Lipinski definition) is 0. The Kier molecular flexibility index (Phi) is 2.36. The smallest absolute Gasteiger partial charge is 0.160 e. The van der Waals surface area contributed by atoms with Crippen molar-refractivity contribution in [1.29, 1.82) is 0 Å². The van der Waals surface area contributed by atoms with Crippen LogP contribution in [0, 0.1) is 5.92 Å². The first-order valence-corrected chi connectivity index (χ1v) is 6.14. The first kappa shape index (κ1) is 10.1. The van der Waals surface area contributed by atoms with Gasteiger partial charge >= 0.3 is 0 Å². The summed E-state index contributed by atoms with van der Waals surface area (Å²) in [5.41, 5.74) is 1.92. The van der Waals surface area contributed by atoms with E-state index in [2.05, 4.69) is 14.5 Å². The van der Waals surface area contributed by atoms with E-state index in [-0.39, 0.29) is 5.38 Å². The van der Waals surface area contributed by atoms with Crippen molar-refractivity contribution in [2.75, 3.05) is 0 Å². The largest absolute Gasteiger partial charge is 0.311 e. The summed E-state index contributed by atoms with van der Waals surface area (Å²) >= 11 is 6.17. The molecule has 1 unspecified atom stereocenters. The van der Waals surface area contributed by atoms with Gasteiger partial charge in [-0.15, -0.1) is 11.6 Å². The Balaban J connectivity index is 2.14. The van der Waals surface area contributed by atoms with E-state index < -0.39 is 0 Å². The highest BCUT2D eigenvalue weighted by Gasteiger charge is 2.25. The topological polar surface area (TPSA) is 30.7 Å². The van der Waals surface area contributed by atoms with Crippen molar-refractivity contribution in [3.05, 3.63) is 24.2 Å². The van der Waals surface area contributed by atoms with Gasteiger partial charge in [-0.1, -0.05) is 0 Å². The number of rotatable bonds is 3. The summed E-state index contributed by atoms with van der Waals surface area (Å²) in [4.78, 5) is 8.97. The van der Waals surface area contributed by atoms with Crippen LogP contribution < -0.4 is 0 Å². The Hall–Kier alpha value is -1.09. The molecule has 84 valence electrons. The van der Waals surface area contributed by atoms with Crippen molar-refractivity contribution in [1.82, 2.24) is 14.5 Å². The Morgan fingerprint density at radius 3 is 3.06 bits per heavy atom. The van der Waals surface area contributed by atoms with Gasteiger partial charge in [0.15, 0.2) is 5.65 Å². The quantitative estimate of drug-likeness (QED) is 0.766. The van der Waals surface area contributed by atoms with Gasteiger partial charge in [-0.3, -0.25) is 0 Å². The number of nitrogens with zero attached hydrogens (tertiary/aromatic N) is 3. The van der Waals surface area contributed by atoms with E-state index in [4.69, 9.17) is 11.6 Å². The van der Waals surface area contributed by atoms with Crippen molar-refractivity contribution >= 4 is 22.8 Å². The van der Waals surface area contributed by atoms with Crippen molar-refractivity contribution in [2.24, 2.45) is 5.92 Å². The molecule has 1 fully saturated rings. The summed E-state index contributed by atoms with van der Waals surface area (Å²) in [6.45, 7) is 2.98. The van der Waals surface area contributed by atoms with Gasteiger partial charge in [-0.05, 0) is 37.8 Å². The van der Waals surface area contributed by atoms with Gasteiger partial charge in [0.1, 0.15) is 11.3 Å². The van der Waals surface area contributed by atoms with Gasteiger partial charge in [0.05, 0.1) is 5.38 Å². The molecule has 3 nitrogen and oxygen atoms in total. The molecule has 0 aliphatic heterocycles. The molecule has 0 bridgehead atoms. The fourth-order valence-electron chi connectivity index (χ4n) is 2.02. The van der Waals surface area contributed by atoms with Crippen LogP contribution >= 0.6 is 11.6 Å². The molecule has 1 saturated carbocycles. The lowest BCUT2D eigenvalue weighted by atomic mass is 10.3. The van der Waals surface area contributed by atoms with Crippen LogP contribution in [0.4, 0.5) is 0 Å². The third-order valence-corrected chi connectivity index (χ3v) is 3.22. The molecule has 16 heavy (non-hydrogen) atoms. The third-order valence-electron chi connectivity index (χ3n) is 3.03. The fraction of sp³-hybridized carbons (Fsp3) is 0.500. The zero-order valence-corrected chi connectivity index (χ0v) is 9.98. The standard InChI is InChI=1S/C12H14ClN3/c1-8(13)11-15-10-3-2-6-14-12(10)16(11)7-9-4-5-9/h2-3,6,8-9H,4-5,7H2,1H3. The van der Waals surface area contributed by atoms with Crippen LogP contribution in [0.2, 0.25) is 0 Å². The van der Waals surface area contributed by atoms with Crippen LogP contribution in [-0.2, 0) is 6.54 Å². The number of imidazole rings is 1. The molecule has 1 aliphatic carbocycles. The van der Waals surface area contributed by atoms with Crippen LogP contribution in [0.3, 0.4) is 0 Å². The normalized spacial score (nSPS) is 17.9. The van der Waals surface area contributed by atoms with Crippen molar-refractivity contribution in [3.8, 4) is 0 Å². The highest BCUT2D eigenvalue weighted by Crippen LogP contribution is 2.33. The lowest BCUT2D eigenvalue weighted by Gasteiger charge is -2.08. The molecule has 2 heterocycles. The van der Waals surface area contributed by atoms with Crippen LogP contribution in [0.25, 0.3) is 11.2 Å². The molecular formula is C12H14ClN3. The predicted octanol–water partition coefficient (Wildman–Crippen LogP) is 3.14. The van der Waals surface area contributed by atoms with Gasteiger partial charge in [0.25, 0.3) is 0 Å². The molecule has 0 aromatic carbocycles. The number of fused-ring (bicyclic) bond motifs is 1. The van der Waals surface area contributed by atoms with E-state index in [0.29, 0.717) is 0 Å². The summed E-state index contributed by atoms with van der Waals surface area (Å²) < 4.78 is 2.19. The maximum atomic E-state index is 6.17. The number of alkyl halides is 1. The second-order valence-electron chi connectivity index (χ2n) is 4.49. The van der Waals surface area contributed by atoms with Crippen molar-refractivity contribution < 1.29 is 0 Å². The molecule has 3 rings (SSSR count). The maximum absolute atomic E-state index is 6.17. The number of pyridine rings is 1. The van der Waals surface area contributed by atoms with Gasteiger partial charge in [-0.2, -0.15) is 0 Å². The van der Waals surface area contributed by atoms with E-state index in [0.717, 1.165) is 29.5 Å². The Bertz CT molecular complexity index is 514. The van der Waals surface area contributed by atoms with E-state index in [1.54, 1.807) is 0 Å². The molecule has 1 aliphatic rings. The minimum Gasteiger partial charge on any atom is -0.311 e. The summed E-state index contributed by atoms with van der Waals surface area (Å²) in [5.74, 6) is 1.75. The third kappa shape index (κ3) is 1.69. The molecule has 2 aromatic heterocycles. The zero-order valence-electron chi connectivity index (χ0n) is 9.23. The van der Waals surface area contributed by atoms with Crippen LogP contribution in [0.1, 0.15) is 31.0 Å². The summed E-state index contributed by atoms with van der Waals surface area (Å²) in [5, 5.41) is -0.0621. The maximum Gasteiger partial charge on any atom is 0.160 e. The highest BCUT2D eigenvalue weighted by molar-refractivity contribution is 6.20. The Morgan fingerprint density at radius 1 is 1.56 bits per heavy atom. The second kappa shape index (κ2) is 3.74. The Morgan fingerprint density at radius 2 is 2.38 bits per heavy atom. The van der Waals surface area contributed by atoms with E-state index >= 15 is 0 Å². The highest BCUT2D eigenvalue weighted by atomic mass is 35.5. The first-order chi connectivity index (χ1) is 7.75. The van der Waals surface area contributed by atoms with Gasteiger partial charge in [-0.25, -0.2) is 9.97 Å². The first-order valence-electron chi connectivity index (χ1n) is 5.71. The van der Waals surface area contributed by atoms with Crippen molar-refractivity contribution in [2.45, 2.75) is 31.7 Å². The fourth-order valence-corrected chi connectivity index (χ4v) is 2.18. The summed E-state index contributed by atoms with van der Waals surface area (Å²) in [6, 6.07) is 3.91. The second-order valence-corrected chi connectivity index (χ2v) is 5.14. The number of aromatic nitrogens is 3. The average Bonchev–Trinajstić information content (AvgIpc) is 3.00. The molecule has 0 amide bonds. The van der Waals surface area contributed by atoms with E-state index in [1.807, 2.05) is 25.3 Å². The van der Waals surface area contributed by atoms with Crippen LogP contribution in [0.15, 0.2) is 18.3 Å². The summed E-state index contributed by atoms with van der Waals surface area (Å²) in [6.07, 6.45) is 4.46. The molecule has 0 radical (unpaired) electrons. The van der Waals surface area contributed by atoms with Gasteiger partial charge < -0.3 is 4.57 Å². The SMILES string of the molecule is CC(Cl)c1nc2cccnc2n1CC1CC1. The zero-order chi connectivity index (χ0) is 11.1. The summed E-state index contributed by atoms with van der Waals surface area (Å²) in [7, 11) is 0. The lowest BCUT2D eigenvalue weighted by molar-refractivity contribution is 0.606. The molecular weight excluding hydrogens is 222 g/mol. The monoisotopic (exact) mass is 235 g/mol. The molecule has 0 N–H and O–H groups in total. The molecule has 2 aromatic rings. The number of halogens is 1. The predicted molar refractivity (Wildman–Crippen MR) is 64.5 cm³/mol. The van der Waals surface area contributed by atoms with Crippen LogP contribution in [-0.4, -0.2) is 14.5 Å². The van der Waals surface area contributed by atoms with E-state index in [9.17, 15) is 0 Å². The molecule has 0 saturated heterocycles. The molecule has 4 heteroatoms.